The molecule has 0 saturated heterocycles. The molecule has 0 spiro atoms. The average Bonchev–Trinajstić information content (AvgIpc) is 2.86. The van der Waals surface area contributed by atoms with Crippen LogP contribution in [0.15, 0.2) is 34.9 Å². The molecule has 5 nitrogen and oxygen atoms in total. The summed E-state index contributed by atoms with van der Waals surface area (Å²) in [6, 6.07) is 9.71. The highest BCUT2D eigenvalue weighted by atomic mass is 16.5. The summed E-state index contributed by atoms with van der Waals surface area (Å²) in [5.74, 6) is 1.61. The summed E-state index contributed by atoms with van der Waals surface area (Å²) in [6.07, 6.45) is 0. The van der Waals surface area contributed by atoms with E-state index in [1.807, 2.05) is 42.3 Å². The van der Waals surface area contributed by atoms with Crippen LogP contribution < -0.4 is 15.4 Å². The summed E-state index contributed by atoms with van der Waals surface area (Å²) < 4.78 is 10.5. The van der Waals surface area contributed by atoms with Gasteiger partial charge in [-0.2, -0.15) is 0 Å². The zero-order chi connectivity index (χ0) is 13.0. The first-order valence-corrected chi connectivity index (χ1v) is 5.73. The van der Waals surface area contributed by atoms with Crippen molar-refractivity contribution in [1.29, 1.82) is 0 Å². The quantitative estimate of drug-likeness (QED) is 0.872. The fourth-order valence-electron chi connectivity index (χ4n) is 1.79. The third kappa shape index (κ3) is 2.62. The van der Waals surface area contributed by atoms with Crippen molar-refractivity contribution in [3.05, 3.63) is 41.8 Å². The Morgan fingerprint density at radius 3 is 2.83 bits per heavy atom. The minimum absolute atomic E-state index is 0.391. The lowest BCUT2D eigenvalue weighted by Crippen LogP contribution is -2.16. The number of methoxy groups -OCH3 is 1. The van der Waals surface area contributed by atoms with Crippen LogP contribution in [0.1, 0.15) is 11.5 Å². The molecule has 1 aromatic heterocycles. The van der Waals surface area contributed by atoms with E-state index in [1.165, 1.54) is 0 Å². The number of rotatable bonds is 5. The second-order valence-electron chi connectivity index (χ2n) is 4.02. The van der Waals surface area contributed by atoms with E-state index in [-0.39, 0.29) is 0 Å². The normalized spacial score (nSPS) is 10.4. The molecule has 5 heteroatoms. The lowest BCUT2D eigenvalue weighted by molar-refractivity contribution is 0.376. The zero-order valence-corrected chi connectivity index (χ0v) is 10.6. The second kappa shape index (κ2) is 5.55. The van der Waals surface area contributed by atoms with Crippen molar-refractivity contribution in [2.24, 2.45) is 5.73 Å². The maximum Gasteiger partial charge on any atom is 0.156 e. The number of nitrogens with two attached hydrogens (primary N) is 1. The minimum atomic E-state index is 0.391. The molecule has 2 aromatic rings. The molecule has 0 bridgehead atoms. The Labute approximate surface area is 106 Å². The molecule has 0 fully saturated rings. The van der Waals surface area contributed by atoms with Gasteiger partial charge in [-0.3, -0.25) is 0 Å². The number of nitrogens with zero attached hydrogens (tertiary/aromatic N) is 2. The first-order valence-electron chi connectivity index (χ1n) is 5.73. The van der Waals surface area contributed by atoms with Gasteiger partial charge >= 0.3 is 0 Å². The smallest absolute Gasteiger partial charge is 0.156 e. The Kier molecular flexibility index (Phi) is 3.84. The van der Waals surface area contributed by atoms with Gasteiger partial charge in [-0.1, -0.05) is 17.3 Å². The highest BCUT2D eigenvalue weighted by molar-refractivity contribution is 5.57. The third-order valence-corrected chi connectivity index (χ3v) is 2.71. The van der Waals surface area contributed by atoms with Gasteiger partial charge in [-0.15, -0.1) is 0 Å². The Morgan fingerprint density at radius 2 is 2.17 bits per heavy atom. The first-order chi connectivity index (χ1) is 8.74. The van der Waals surface area contributed by atoms with Crippen molar-refractivity contribution < 1.29 is 9.26 Å². The maximum atomic E-state index is 5.49. The van der Waals surface area contributed by atoms with E-state index in [0.717, 1.165) is 22.9 Å². The summed E-state index contributed by atoms with van der Waals surface area (Å²) in [5.41, 5.74) is 7.26. The van der Waals surface area contributed by atoms with E-state index >= 15 is 0 Å². The SMILES string of the molecule is COc1ccccc1N(C)Cc1cc(CN)no1. The molecule has 1 heterocycles. The number of para-hydroxylation sites is 2. The largest absolute Gasteiger partial charge is 0.495 e. The monoisotopic (exact) mass is 247 g/mol. The molecule has 18 heavy (non-hydrogen) atoms. The van der Waals surface area contributed by atoms with Gasteiger partial charge in [0.15, 0.2) is 5.76 Å². The van der Waals surface area contributed by atoms with Gasteiger partial charge in [0.2, 0.25) is 0 Å². The number of hydrogen-bond donors (Lipinski definition) is 1. The Bertz CT molecular complexity index is 510. The number of anilines is 1. The number of hydrogen-bond acceptors (Lipinski definition) is 5. The highest BCUT2D eigenvalue weighted by Gasteiger charge is 2.10. The van der Waals surface area contributed by atoms with Gasteiger partial charge < -0.3 is 19.9 Å². The van der Waals surface area contributed by atoms with Crippen molar-refractivity contribution >= 4 is 5.69 Å². The summed E-state index contributed by atoms with van der Waals surface area (Å²) in [4.78, 5) is 2.04. The highest BCUT2D eigenvalue weighted by Crippen LogP contribution is 2.27. The molecule has 0 amide bonds. The number of ether oxygens (including phenoxy) is 1. The zero-order valence-electron chi connectivity index (χ0n) is 10.6. The average molecular weight is 247 g/mol. The second-order valence-corrected chi connectivity index (χ2v) is 4.02. The third-order valence-electron chi connectivity index (χ3n) is 2.71. The molecule has 0 atom stereocenters. The van der Waals surface area contributed by atoms with Crippen molar-refractivity contribution in [2.45, 2.75) is 13.1 Å². The molecule has 0 unspecified atom stereocenters. The van der Waals surface area contributed by atoms with Gasteiger partial charge in [-0.05, 0) is 12.1 Å². The van der Waals surface area contributed by atoms with Crippen LogP contribution in [0.25, 0.3) is 0 Å². The van der Waals surface area contributed by atoms with Gasteiger partial charge in [0.25, 0.3) is 0 Å². The van der Waals surface area contributed by atoms with Gasteiger partial charge in [0, 0.05) is 19.7 Å². The molecule has 0 saturated carbocycles. The van der Waals surface area contributed by atoms with Crippen LogP contribution in [0.3, 0.4) is 0 Å². The van der Waals surface area contributed by atoms with Gasteiger partial charge in [0.05, 0.1) is 25.0 Å². The van der Waals surface area contributed by atoms with Crippen molar-refractivity contribution in [1.82, 2.24) is 5.16 Å². The molecule has 0 aliphatic heterocycles. The van der Waals surface area contributed by atoms with Crippen molar-refractivity contribution in [3.8, 4) is 5.75 Å². The van der Waals surface area contributed by atoms with E-state index in [1.54, 1.807) is 7.11 Å². The molecule has 96 valence electrons. The van der Waals surface area contributed by atoms with Crippen LogP contribution in [0.2, 0.25) is 0 Å². The fraction of sp³-hybridized carbons (Fsp3) is 0.308. The molecule has 0 aliphatic carbocycles. The van der Waals surface area contributed by atoms with E-state index in [0.29, 0.717) is 13.1 Å². The molecule has 2 rings (SSSR count). The summed E-state index contributed by atoms with van der Waals surface area (Å²) in [5, 5.41) is 3.87. The molecule has 0 radical (unpaired) electrons. The lowest BCUT2D eigenvalue weighted by atomic mass is 10.2. The predicted molar refractivity (Wildman–Crippen MR) is 69.5 cm³/mol. The van der Waals surface area contributed by atoms with Crippen LogP contribution in [0.5, 0.6) is 5.75 Å². The molecule has 1 aromatic carbocycles. The van der Waals surface area contributed by atoms with Crippen LogP contribution in [-0.2, 0) is 13.1 Å². The Morgan fingerprint density at radius 1 is 1.39 bits per heavy atom. The topological polar surface area (TPSA) is 64.5 Å². The van der Waals surface area contributed by atoms with E-state index in [2.05, 4.69) is 5.16 Å². The minimum Gasteiger partial charge on any atom is -0.495 e. The van der Waals surface area contributed by atoms with Crippen LogP contribution in [-0.4, -0.2) is 19.3 Å². The van der Waals surface area contributed by atoms with Crippen molar-refractivity contribution in [2.75, 3.05) is 19.1 Å². The lowest BCUT2D eigenvalue weighted by Gasteiger charge is -2.20. The van der Waals surface area contributed by atoms with Crippen LogP contribution in [0, 0.1) is 0 Å². The molecule has 2 N–H and O–H groups in total. The first kappa shape index (κ1) is 12.4. The van der Waals surface area contributed by atoms with Crippen LogP contribution >= 0.6 is 0 Å². The Hall–Kier alpha value is -2.01. The number of benzene rings is 1. The summed E-state index contributed by atoms with van der Waals surface area (Å²) >= 11 is 0. The fourth-order valence-corrected chi connectivity index (χ4v) is 1.79. The predicted octanol–water partition coefficient (Wildman–Crippen LogP) is 1.78. The summed E-state index contributed by atoms with van der Waals surface area (Å²) in [7, 11) is 3.64. The van der Waals surface area contributed by atoms with E-state index in [9.17, 15) is 0 Å². The Balaban J connectivity index is 2.13. The van der Waals surface area contributed by atoms with Gasteiger partial charge in [-0.25, -0.2) is 0 Å². The van der Waals surface area contributed by atoms with E-state index in [4.69, 9.17) is 15.0 Å². The molecule has 0 aliphatic rings. The van der Waals surface area contributed by atoms with E-state index < -0.39 is 0 Å². The van der Waals surface area contributed by atoms with Crippen LogP contribution in [0.4, 0.5) is 5.69 Å². The number of aromatic nitrogens is 1. The maximum absolute atomic E-state index is 5.49. The molecular formula is C13H17N3O2. The molecular weight excluding hydrogens is 230 g/mol. The van der Waals surface area contributed by atoms with Crippen molar-refractivity contribution in [3.63, 3.8) is 0 Å². The van der Waals surface area contributed by atoms with Gasteiger partial charge in [0.1, 0.15) is 5.75 Å². The summed E-state index contributed by atoms with van der Waals surface area (Å²) in [6.45, 7) is 1.01. The standard InChI is InChI=1S/C13H17N3O2/c1-16(9-11-7-10(8-14)15-18-11)12-5-3-4-6-13(12)17-2/h3-7H,8-9,14H2,1-2H3.